The molecule has 19 heavy (non-hydrogen) atoms. The second kappa shape index (κ2) is 4.76. The van der Waals surface area contributed by atoms with Gasteiger partial charge in [0, 0.05) is 26.0 Å². The number of hydrogen-bond acceptors (Lipinski definition) is 4. The molecule has 0 bridgehead atoms. The zero-order chi connectivity index (χ0) is 13.2. The number of aryl methyl sites for hydroxylation is 1. The van der Waals surface area contributed by atoms with Crippen LogP contribution in [0, 0.1) is 0 Å². The summed E-state index contributed by atoms with van der Waals surface area (Å²) < 4.78 is 7.47. The molecule has 0 atom stereocenters. The molecule has 0 saturated heterocycles. The summed E-state index contributed by atoms with van der Waals surface area (Å²) in [6.07, 6.45) is 3.81. The summed E-state index contributed by atoms with van der Waals surface area (Å²) in [5.41, 5.74) is 1.50. The Morgan fingerprint density at radius 3 is 3.21 bits per heavy atom. The van der Waals surface area contributed by atoms with Crippen LogP contribution in [0.25, 0.3) is 0 Å². The van der Waals surface area contributed by atoms with Gasteiger partial charge in [0.1, 0.15) is 12.4 Å². The van der Waals surface area contributed by atoms with Crippen LogP contribution in [0.1, 0.15) is 16.2 Å². The maximum atomic E-state index is 12.4. The minimum absolute atomic E-state index is 0.0230. The van der Waals surface area contributed by atoms with Gasteiger partial charge in [0.05, 0.1) is 17.7 Å². The maximum absolute atomic E-state index is 12.4. The third-order valence-electron chi connectivity index (χ3n) is 3.22. The van der Waals surface area contributed by atoms with E-state index in [-0.39, 0.29) is 12.2 Å². The standard InChI is InChI=1S/C14H15N3O2/c1-17-7-5-16-13(17)9-12(18)10-3-2-4-11-14(10)19-8-6-15-11/h2-5,7,15H,6,8-9H2,1H3. The lowest BCUT2D eigenvalue weighted by molar-refractivity contribution is 0.0986. The Labute approximate surface area is 111 Å². The van der Waals surface area contributed by atoms with Crippen LogP contribution in [0.15, 0.2) is 30.6 Å². The highest BCUT2D eigenvalue weighted by molar-refractivity contribution is 6.01. The first kappa shape index (κ1) is 11.8. The maximum Gasteiger partial charge on any atom is 0.174 e. The fourth-order valence-electron chi connectivity index (χ4n) is 2.20. The highest BCUT2D eigenvalue weighted by Gasteiger charge is 2.20. The number of imidazole rings is 1. The topological polar surface area (TPSA) is 56.2 Å². The molecule has 0 radical (unpaired) electrons. The SMILES string of the molecule is Cn1ccnc1CC(=O)c1cccc2c1OCCN2. The van der Waals surface area contributed by atoms with Gasteiger partial charge < -0.3 is 14.6 Å². The van der Waals surface area contributed by atoms with E-state index in [2.05, 4.69) is 10.3 Å². The second-order valence-electron chi connectivity index (χ2n) is 4.51. The number of benzene rings is 1. The Morgan fingerprint density at radius 1 is 1.53 bits per heavy atom. The van der Waals surface area contributed by atoms with Crippen molar-refractivity contribution < 1.29 is 9.53 Å². The number of nitrogens with one attached hydrogen (secondary N) is 1. The average molecular weight is 257 g/mol. The number of para-hydroxylation sites is 1. The molecule has 0 fully saturated rings. The molecule has 0 aliphatic carbocycles. The molecule has 0 saturated carbocycles. The minimum atomic E-state index is 0.0230. The number of fused-ring (bicyclic) bond motifs is 1. The van der Waals surface area contributed by atoms with Gasteiger partial charge in [0.25, 0.3) is 0 Å². The largest absolute Gasteiger partial charge is 0.489 e. The minimum Gasteiger partial charge on any atom is -0.489 e. The first-order chi connectivity index (χ1) is 9.25. The van der Waals surface area contributed by atoms with Crippen molar-refractivity contribution in [3.05, 3.63) is 42.0 Å². The molecular formula is C14H15N3O2. The Hall–Kier alpha value is -2.30. The van der Waals surface area contributed by atoms with Crippen molar-refractivity contribution in [2.45, 2.75) is 6.42 Å². The van der Waals surface area contributed by atoms with E-state index in [1.54, 1.807) is 12.3 Å². The summed E-state index contributed by atoms with van der Waals surface area (Å²) in [5, 5.41) is 3.23. The van der Waals surface area contributed by atoms with E-state index in [0.717, 1.165) is 18.1 Å². The first-order valence-corrected chi connectivity index (χ1v) is 6.25. The second-order valence-corrected chi connectivity index (χ2v) is 4.51. The normalized spacial score (nSPS) is 13.3. The van der Waals surface area contributed by atoms with E-state index in [9.17, 15) is 4.79 Å². The van der Waals surface area contributed by atoms with Gasteiger partial charge in [-0.1, -0.05) is 6.07 Å². The molecule has 3 rings (SSSR count). The zero-order valence-corrected chi connectivity index (χ0v) is 10.7. The number of Topliss-reactive ketones (excluding diaryl/α,β-unsaturated/α-hetero) is 1. The van der Waals surface area contributed by atoms with E-state index in [0.29, 0.717) is 17.9 Å². The van der Waals surface area contributed by atoms with Gasteiger partial charge in [-0.2, -0.15) is 0 Å². The molecule has 5 nitrogen and oxygen atoms in total. The number of ketones is 1. The molecule has 5 heteroatoms. The fourth-order valence-corrected chi connectivity index (χ4v) is 2.20. The van der Waals surface area contributed by atoms with Crippen molar-refractivity contribution in [1.29, 1.82) is 0 Å². The zero-order valence-electron chi connectivity index (χ0n) is 10.7. The van der Waals surface area contributed by atoms with Crippen LogP contribution in [0.2, 0.25) is 0 Å². The number of hydrogen-bond donors (Lipinski definition) is 1. The van der Waals surface area contributed by atoms with Crippen LogP contribution >= 0.6 is 0 Å². The fraction of sp³-hybridized carbons (Fsp3) is 0.286. The van der Waals surface area contributed by atoms with Crippen LogP contribution in [0.4, 0.5) is 5.69 Å². The monoisotopic (exact) mass is 257 g/mol. The summed E-state index contributed by atoms with van der Waals surface area (Å²) in [5.74, 6) is 1.44. The number of carbonyl (C=O) groups is 1. The number of carbonyl (C=O) groups excluding carboxylic acids is 1. The van der Waals surface area contributed by atoms with Gasteiger partial charge in [0.2, 0.25) is 0 Å². The van der Waals surface area contributed by atoms with Gasteiger partial charge in [0.15, 0.2) is 11.5 Å². The van der Waals surface area contributed by atoms with Crippen LogP contribution in [-0.4, -0.2) is 28.5 Å². The lowest BCUT2D eigenvalue weighted by Crippen LogP contribution is -2.20. The molecule has 0 unspecified atom stereocenters. The highest BCUT2D eigenvalue weighted by atomic mass is 16.5. The summed E-state index contributed by atoms with van der Waals surface area (Å²) in [4.78, 5) is 16.6. The Morgan fingerprint density at radius 2 is 2.42 bits per heavy atom. The Balaban J connectivity index is 1.90. The van der Waals surface area contributed by atoms with Gasteiger partial charge >= 0.3 is 0 Å². The van der Waals surface area contributed by atoms with Crippen LogP contribution in [0.5, 0.6) is 5.75 Å². The highest BCUT2D eigenvalue weighted by Crippen LogP contribution is 2.31. The predicted octanol–water partition coefficient (Wildman–Crippen LogP) is 1.65. The molecule has 1 aromatic heterocycles. The van der Waals surface area contributed by atoms with Gasteiger partial charge in [-0.15, -0.1) is 0 Å². The van der Waals surface area contributed by atoms with E-state index < -0.39 is 0 Å². The van der Waals surface area contributed by atoms with Crippen LogP contribution in [-0.2, 0) is 13.5 Å². The van der Waals surface area contributed by atoms with E-state index in [1.807, 2.05) is 29.9 Å². The summed E-state index contributed by atoms with van der Waals surface area (Å²) in [7, 11) is 1.88. The number of anilines is 1. The Bertz CT molecular complexity index is 619. The van der Waals surface area contributed by atoms with Crippen molar-refractivity contribution in [3.8, 4) is 5.75 Å². The van der Waals surface area contributed by atoms with E-state index >= 15 is 0 Å². The number of nitrogens with zero attached hydrogens (tertiary/aromatic N) is 2. The molecule has 1 aliphatic heterocycles. The average Bonchev–Trinajstić information content (AvgIpc) is 2.83. The smallest absolute Gasteiger partial charge is 0.174 e. The summed E-state index contributed by atoms with van der Waals surface area (Å²) in [6, 6.07) is 5.59. The van der Waals surface area contributed by atoms with Crippen molar-refractivity contribution in [3.63, 3.8) is 0 Å². The summed E-state index contributed by atoms with van der Waals surface area (Å²) >= 11 is 0. The molecule has 1 aliphatic rings. The molecule has 0 spiro atoms. The third-order valence-corrected chi connectivity index (χ3v) is 3.22. The first-order valence-electron chi connectivity index (χ1n) is 6.25. The van der Waals surface area contributed by atoms with Crippen molar-refractivity contribution >= 4 is 11.5 Å². The Kier molecular flexibility index (Phi) is 2.95. The lowest BCUT2D eigenvalue weighted by atomic mass is 10.0. The lowest BCUT2D eigenvalue weighted by Gasteiger charge is -2.21. The predicted molar refractivity (Wildman–Crippen MR) is 71.7 cm³/mol. The molecule has 2 aromatic rings. The quantitative estimate of drug-likeness (QED) is 0.849. The van der Waals surface area contributed by atoms with Gasteiger partial charge in [-0.3, -0.25) is 4.79 Å². The van der Waals surface area contributed by atoms with Crippen LogP contribution < -0.4 is 10.1 Å². The third kappa shape index (κ3) is 2.19. The van der Waals surface area contributed by atoms with Gasteiger partial charge in [-0.25, -0.2) is 4.98 Å². The number of ether oxygens (including phenoxy) is 1. The molecular weight excluding hydrogens is 242 g/mol. The van der Waals surface area contributed by atoms with Crippen molar-refractivity contribution in [1.82, 2.24) is 9.55 Å². The number of rotatable bonds is 3. The number of aromatic nitrogens is 2. The van der Waals surface area contributed by atoms with E-state index in [1.165, 1.54) is 0 Å². The molecule has 0 amide bonds. The molecule has 98 valence electrons. The molecule has 1 N–H and O–H groups in total. The van der Waals surface area contributed by atoms with Gasteiger partial charge in [-0.05, 0) is 12.1 Å². The summed E-state index contributed by atoms with van der Waals surface area (Å²) in [6.45, 7) is 1.35. The van der Waals surface area contributed by atoms with Crippen molar-refractivity contribution in [2.75, 3.05) is 18.5 Å². The van der Waals surface area contributed by atoms with E-state index in [4.69, 9.17) is 4.74 Å². The molecule has 1 aromatic carbocycles. The van der Waals surface area contributed by atoms with Crippen molar-refractivity contribution in [2.24, 2.45) is 7.05 Å². The molecule has 2 heterocycles. The van der Waals surface area contributed by atoms with Crippen LogP contribution in [0.3, 0.4) is 0 Å².